The molecular formula is C35H28N4O2. The van der Waals surface area contributed by atoms with Crippen LogP contribution in [0.2, 0.25) is 0 Å². The Morgan fingerprint density at radius 2 is 1.37 bits per heavy atom. The molecule has 0 aliphatic heterocycles. The highest BCUT2D eigenvalue weighted by atomic mass is 16.5. The van der Waals surface area contributed by atoms with Crippen molar-refractivity contribution in [2.45, 2.75) is 13.2 Å². The summed E-state index contributed by atoms with van der Waals surface area (Å²) in [5.41, 5.74) is 6.36. The molecular weight excluding hydrogens is 508 g/mol. The number of fused-ring (bicyclic) bond motifs is 1. The molecule has 0 atom stereocenters. The normalized spacial score (nSPS) is 11.1. The summed E-state index contributed by atoms with van der Waals surface area (Å²) in [6.07, 6.45) is 4.92. The number of amides is 1. The van der Waals surface area contributed by atoms with E-state index in [1.807, 2.05) is 103 Å². The van der Waals surface area contributed by atoms with Crippen LogP contribution in [0.3, 0.4) is 0 Å². The van der Waals surface area contributed by atoms with Gasteiger partial charge in [-0.05, 0) is 34.9 Å². The van der Waals surface area contributed by atoms with E-state index in [1.54, 1.807) is 6.08 Å². The smallest absolute Gasteiger partial charge is 0.248 e. The molecule has 1 amide bonds. The van der Waals surface area contributed by atoms with Crippen LogP contribution < -0.4 is 10.1 Å². The number of nitrogens with one attached hydrogen (secondary N) is 1. The number of para-hydroxylation sites is 1. The predicted octanol–water partition coefficient (Wildman–Crippen LogP) is 7.38. The Morgan fingerprint density at radius 3 is 2.05 bits per heavy atom. The van der Waals surface area contributed by atoms with Gasteiger partial charge in [0.2, 0.25) is 11.8 Å². The van der Waals surface area contributed by atoms with E-state index in [4.69, 9.17) is 9.72 Å². The van der Waals surface area contributed by atoms with Gasteiger partial charge in [0.15, 0.2) is 0 Å². The molecule has 1 N–H and O–H groups in total. The number of nitrogens with zero attached hydrogens (tertiary/aromatic N) is 3. The Kier molecular flexibility index (Phi) is 7.63. The number of aromatic nitrogens is 3. The second-order valence-corrected chi connectivity index (χ2v) is 9.54. The molecule has 2 heterocycles. The number of anilines is 1. The lowest BCUT2D eigenvalue weighted by Crippen LogP contribution is -2.07. The molecule has 6 aromatic rings. The van der Waals surface area contributed by atoms with Gasteiger partial charge in [0.05, 0.1) is 11.1 Å². The molecule has 0 fully saturated rings. The van der Waals surface area contributed by atoms with Crippen LogP contribution in [0, 0.1) is 0 Å². The van der Waals surface area contributed by atoms with Gasteiger partial charge in [-0.3, -0.25) is 4.79 Å². The second-order valence-electron chi connectivity index (χ2n) is 9.54. The van der Waals surface area contributed by atoms with E-state index >= 15 is 0 Å². The Labute approximate surface area is 238 Å². The van der Waals surface area contributed by atoms with Crippen LogP contribution in [0.25, 0.3) is 28.4 Å². The van der Waals surface area contributed by atoms with E-state index in [9.17, 15) is 4.79 Å². The van der Waals surface area contributed by atoms with Gasteiger partial charge in [-0.2, -0.15) is 0 Å². The number of benzene rings is 4. The molecule has 0 radical (unpaired) electrons. The maximum atomic E-state index is 13.0. The van der Waals surface area contributed by atoms with Crippen LogP contribution in [0.5, 0.6) is 5.88 Å². The third-order valence-electron chi connectivity index (χ3n) is 6.73. The lowest BCUT2D eigenvalue weighted by atomic mass is 10.0. The number of ether oxygens (including phenoxy) is 1. The van der Waals surface area contributed by atoms with Crippen molar-refractivity contribution in [3.8, 4) is 17.1 Å². The molecule has 0 spiro atoms. The lowest BCUT2D eigenvalue weighted by molar-refractivity contribution is -0.111. The first-order chi connectivity index (χ1) is 20.3. The fraction of sp³-hybridized carbons (Fsp3) is 0.0571. The van der Waals surface area contributed by atoms with Crippen LogP contribution >= 0.6 is 0 Å². The second kappa shape index (κ2) is 12.1. The van der Waals surface area contributed by atoms with Crippen LogP contribution in [0.15, 0.2) is 134 Å². The highest BCUT2D eigenvalue weighted by Gasteiger charge is 2.23. The van der Waals surface area contributed by atoms with Crippen molar-refractivity contribution < 1.29 is 9.53 Å². The van der Waals surface area contributed by atoms with Crippen molar-refractivity contribution in [1.29, 1.82) is 0 Å². The lowest BCUT2D eigenvalue weighted by Gasteiger charge is -2.12. The van der Waals surface area contributed by atoms with E-state index in [0.29, 0.717) is 19.0 Å². The van der Waals surface area contributed by atoms with Crippen LogP contribution in [0.4, 0.5) is 5.69 Å². The number of carbonyl (C=O) groups excluding carboxylic acids is 1. The van der Waals surface area contributed by atoms with Gasteiger partial charge < -0.3 is 14.6 Å². The molecule has 41 heavy (non-hydrogen) atoms. The zero-order valence-electron chi connectivity index (χ0n) is 22.4. The largest absolute Gasteiger partial charge is 0.472 e. The van der Waals surface area contributed by atoms with E-state index in [2.05, 4.69) is 39.1 Å². The minimum Gasteiger partial charge on any atom is -0.472 e. The van der Waals surface area contributed by atoms with Gasteiger partial charge in [0.1, 0.15) is 18.6 Å². The summed E-state index contributed by atoms with van der Waals surface area (Å²) in [4.78, 5) is 22.3. The Balaban J connectivity index is 1.50. The standard InChI is InChI=1S/C35H28N4O2/c40-31(38-29-19-11-4-12-20-29)22-21-30-32-34(36-25-37-35(32)41-24-27-15-7-2-8-16-27)39(23-26-13-5-1-6-14-26)33(30)28-17-9-3-10-18-28/h1-22,25H,23-24H2,(H,38,40)/b22-21+. The zero-order valence-corrected chi connectivity index (χ0v) is 22.4. The van der Waals surface area contributed by atoms with Gasteiger partial charge in [0.25, 0.3) is 0 Å². The molecule has 0 aliphatic carbocycles. The van der Waals surface area contributed by atoms with Gasteiger partial charge in [-0.1, -0.05) is 109 Å². The summed E-state index contributed by atoms with van der Waals surface area (Å²) in [5, 5.41) is 3.68. The molecule has 0 unspecified atom stereocenters. The highest BCUT2D eigenvalue weighted by Crippen LogP contribution is 2.38. The van der Waals surface area contributed by atoms with E-state index in [-0.39, 0.29) is 5.91 Å². The fourth-order valence-electron chi connectivity index (χ4n) is 4.86. The molecule has 2 aromatic heterocycles. The molecule has 6 rings (SSSR count). The summed E-state index contributed by atoms with van der Waals surface area (Å²) in [6, 6.07) is 39.8. The average Bonchev–Trinajstić information content (AvgIpc) is 3.34. The molecule has 0 bridgehead atoms. The van der Waals surface area contributed by atoms with Crippen molar-refractivity contribution >= 4 is 28.7 Å². The molecule has 6 nitrogen and oxygen atoms in total. The summed E-state index contributed by atoms with van der Waals surface area (Å²) in [6.45, 7) is 0.940. The van der Waals surface area contributed by atoms with E-state index in [0.717, 1.165) is 44.7 Å². The van der Waals surface area contributed by atoms with Crippen molar-refractivity contribution in [1.82, 2.24) is 14.5 Å². The minimum absolute atomic E-state index is 0.234. The molecule has 4 aromatic carbocycles. The topological polar surface area (TPSA) is 69.0 Å². The number of hydrogen-bond donors (Lipinski definition) is 1. The van der Waals surface area contributed by atoms with Crippen molar-refractivity contribution in [3.63, 3.8) is 0 Å². The zero-order chi connectivity index (χ0) is 27.9. The Hall–Kier alpha value is -5.49. The highest BCUT2D eigenvalue weighted by molar-refractivity contribution is 6.06. The van der Waals surface area contributed by atoms with Crippen molar-refractivity contribution in [2.24, 2.45) is 0 Å². The Morgan fingerprint density at radius 1 is 0.756 bits per heavy atom. The molecule has 6 heteroatoms. The fourth-order valence-corrected chi connectivity index (χ4v) is 4.86. The third kappa shape index (κ3) is 5.92. The summed E-state index contributed by atoms with van der Waals surface area (Å²) in [7, 11) is 0. The van der Waals surface area contributed by atoms with Gasteiger partial charge in [-0.25, -0.2) is 9.97 Å². The predicted molar refractivity (Wildman–Crippen MR) is 163 cm³/mol. The van der Waals surface area contributed by atoms with Crippen LogP contribution in [-0.2, 0) is 17.9 Å². The van der Waals surface area contributed by atoms with E-state index in [1.165, 1.54) is 6.33 Å². The molecule has 0 saturated heterocycles. The number of hydrogen-bond acceptors (Lipinski definition) is 4. The average molecular weight is 537 g/mol. The van der Waals surface area contributed by atoms with Crippen molar-refractivity contribution in [3.05, 3.63) is 150 Å². The summed E-state index contributed by atoms with van der Waals surface area (Å²) in [5.74, 6) is 0.230. The van der Waals surface area contributed by atoms with E-state index < -0.39 is 0 Å². The van der Waals surface area contributed by atoms with Crippen LogP contribution in [0.1, 0.15) is 16.7 Å². The summed E-state index contributed by atoms with van der Waals surface area (Å²) >= 11 is 0. The summed E-state index contributed by atoms with van der Waals surface area (Å²) < 4.78 is 8.48. The molecule has 200 valence electrons. The first kappa shape index (κ1) is 25.8. The van der Waals surface area contributed by atoms with Gasteiger partial charge in [0, 0.05) is 23.9 Å². The van der Waals surface area contributed by atoms with Gasteiger partial charge in [-0.15, -0.1) is 0 Å². The monoisotopic (exact) mass is 536 g/mol. The van der Waals surface area contributed by atoms with Crippen molar-refractivity contribution in [2.75, 3.05) is 5.32 Å². The maximum Gasteiger partial charge on any atom is 0.248 e. The third-order valence-corrected chi connectivity index (χ3v) is 6.73. The molecule has 0 aliphatic rings. The molecule has 0 saturated carbocycles. The Bertz CT molecular complexity index is 1780. The first-order valence-electron chi connectivity index (χ1n) is 13.4. The quantitative estimate of drug-likeness (QED) is 0.196. The SMILES string of the molecule is O=C(/C=C/c1c(-c2ccccc2)n(Cc2ccccc2)c2ncnc(OCc3ccccc3)c12)Nc1ccccc1. The minimum atomic E-state index is -0.234. The van der Waals surface area contributed by atoms with Crippen LogP contribution in [-0.4, -0.2) is 20.4 Å². The van der Waals surface area contributed by atoms with Gasteiger partial charge >= 0.3 is 0 Å². The first-order valence-corrected chi connectivity index (χ1v) is 13.4. The number of carbonyl (C=O) groups is 1. The number of rotatable bonds is 9. The maximum absolute atomic E-state index is 13.0.